The number of carbonyl (C=O) groups excluding carboxylic acids is 1. The van der Waals surface area contributed by atoms with Crippen molar-refractivity contribution >= 4 is 15.9 Å². The highest BCUT2D eigenvalue weighted by molar-refractivity contribution is 7.89. The van der Waals surface area contributed by atoms with Crippen LogP contribution in [0.15, 0.2) is 35.2 Å². The van der Waals surface area contributed by atoms with Crippen molar-refractivity contribution in [3.63, 3.8) is 0 Å². The van der Waals surface area contributed by atoms with Crippen LogP contribution < -0.4 is 29.0 Å². The van der Waals surface area contributed by atoms with Crippen molar-refractivity contribution in [1.29, 1.82) is 0 Å². The maximum Gasteiger partial charge on any atom is 0.254 e. The van der Waals surface area contributed by atoms with Gasteiger partial charge in [0.1, 0.15) is 5.75 Å². The van der Waals surface area contributed by atoms with Crippen molar-refractivity contribution in [2.24, 2.45) is 0 Å². The Kier molecular flexibility index (Phi) is 7.29. The van der Waals surface area contributed by atoms with E-state index in [1.165, 1.54) is 53.7 Å². The molecule has 0 bridgehead atoms. The summed E-state index contributed by atoms with van der Waals surface area (Å²) in [6.45, 7) is -0.0274. The number of carbonyl (C=O) groups is 1. The van der Waals surface area contributed by atoms with Gasteiger partial charge in [-0.3, -0.25) is 4.79 Å². The van der Waals surface area contributed by atoms with Crippen molar-refractivity contribution in [3.05, 3.63) is 41.5 Å². The van der Waals surface area contributed by atoms with Gasteiger partial charge in [0.05, 0.1) is 38.9 Å². The van der Waals surface area contributed by atoms with E-state index in [0.717, 1.165) is 0 Å². The molecular weight excluding hydrogens is 400 g/mol. The average Bonchev–Trinajstić information content (AvgIpc) is 2.75. The van der Waals surface area contributed by atoms with Crippen molar-refractivity contribution in [3.8, 4) is 23.0 Å². The van der Waals surface area contributed by atoms with E-state index in [1.807, 2.05) is 0 Å². The van der Waals surface area contributed by atoms with Crippen LogP contribution in [0.2, 0.25) is 0 Å². The van der Waals surface area contributed by atoms with Crippen molar-refractivity contribution < 1.29 is 32.2 Å². The van der Waals surface area contributed by atoms with Crippen LogP contribution in [0.4, 0.5) is 0 Å². The Balaban J connectivity index is 2.32. The van der Waals surface area contributed by atoms with E-state index in [9.17, 15) is 13.2 Å². The van der Waals surface area contributed by atoms with Crippen LogP contribution in [0.1, 0.15) is 15.9 Å². The number of hydrogen-bond donors (Lipinski definition) is 2. The second-order valence-electron chi connectivity index (χ2n) is 5.80. The van der Waals surface area contributed by atoms with E-state index in [4.69, 9.17) is 18.9 Å². The van der Waals surface area contributed by atoms with E-state index < -0.39 is 15.9 Å². The Bertz CT molecular complexity index is 965. The van der Waals surface area contributed by atoms with E-state index in [-0.39, 0.29) is 22.8 Å². The molecule has 0 aliphatic carbocycles. The molecule has 0 heterocycles. The zero-order chi connectivity index (χ0) is 21.6. The molecule has 0 saturated heterocycles. The Morgan fingerprint density at radius 2 is 1.48 bits per heavy atom. The smallest absolute Gasteiger partial charge is 0.254 e. The molecule has 1 amide bonds. The Morgan fingerprint density at radius 3 is 1.97 bits per heavy atom. The molecule has 158 valence electrons. The summed E-state index contributed by atoms with van der Waals surface area (Å²) in [5, 5.41) is 2.45. The molecule has 0 aliphatic rings. The van der Waals surface area contributed by atoms with Crippen molar-refractivity contribution in [1.82, 2.24) is 10.0 Å². The molecule has 0 aliphatic heterocycles. The molecular formula is C19H24N2O7S. The molecule has 0 unspecified atom stereocenters. The van der Waals surface area contributed by atoms with Crippen LogP contribution in [0.5, 0.6) is 23.0 Å². The number of methoxy groups -OCH3 is 4. The molecule has 0 atom stereocenters. The number of ether oxygens (including phenoxy) is 4. The Morgan fingerprint density at radius 1 is 0.897 bits per heavy atom. The molecule has 0 spiro atoms. The molecule has 0 saturated carbocycles. The fourth-order valence-corrected chi connectivity index (χ4v) is 3.71. The minimum atomic E-state index is -3.90. The molecule has 2 aromatic carbocycles. The zero-order valence-corrected chi connectivity index (χ0v) is 17.7. The number of hydrogen-bond acceptors (Lipinski definition) is 7. The topological polar surface area (TPSA) is 112 Å². The number of amides is 1. The molecule has 2 rings (SSSR count). The molecule has 0 fully saturated rings. The molecule has 2 aromatic rings. The van der Waals surface area contributed by atoms with Gasteiger partial charge in [0.15, 0.2) is 11.5 Å². The van der Waals surface area contributed by atoms with Gasteiger partial charge in [0, 0.05) is 13.6 Å². The standard InChI is InChI=1S/C19H24N2O7S/c1-20-19(22)14-10-13(6-7-15(14)25-2)29(23,24)21-11-12-8-16(26-3)18(28-5)17(9-12)27-4/h6-10,21H,11H2,1-5H3,(H,20,22). The maximum atomic E-state index is 12.7. The first-order valence-corrected chi connectivity index (χ1v) is 9.98. The SMILES string of the molecule is CNC(=O)c1cc(S(=O)(=O)NCc2cc(OC)c(OC)c(OC)c2)ccc1OC. The van der Waals surface area contributed by atoms with Crippen LogP contribution in [-0.2, 0) is 16.6 Å². The van der Waals surface area contributed by atoms with Gasteiger partial charge in [-0.05, 0) is 35.9 Å². The van der Waals surface area contributed by atoms with E-state index in [0.29, 0.717) is 22.8 Å². The van der Waals surface area contributed by atoms with Gasteiger partial charge in [-0.2, -0.15) is 0 Å². The predicted molar refractivity (Wildman–Crippen MR) is 107 cm³/mol. The number of sulfonamides is 1. The third-order valence-corrected chi connectivity index (χ3v) is 5.54. The number of benzene rings is 2. The van der Waals surface area contributed by atoms with Gasteiger partial charge >= 0.3 is 0 Å². The molecule has 0 radical (unpaired) electrons. The lowest BCUT2D eigenvalue weighted by Crippen LogP contribution is -2.24. The monoisotopic (exact) mass is 424 g/mol. The van der Waals surface area contributed by atoms with Crippen LogP contribution >= 0.6 is 0 Å². The van der Waals surface area contributed by atoms with Gasteiger partial charge in [-0.1, -0.05) is 0 Å². The molecule has 29 heavy (non-hydrogen) atoms. The lowest BCUT2D eigenvalue weighted by atomic mass is 10.2. The highest BCUT2D eigenvalue weighted by atomic mass is 32.2. The highest BCUT2D eigenvalue weighted by Crippen LogP contribution is 2.38. The molecule has 9 nitrogen and oxygen atoms in total. The normalized spacial score (nSPS) is 10.9. The lowest BCUT2D eigenvalue weighted by molar-refractivity contribution is 0.0960. The third kappa shape index (κ3) is 4.90. The maximum absolute atomic E-state index is 12.7. The summed E-state index contributed by atoms with van der Waals surface area (Å²) in [6.07, 6.45) is 0. The van der Waals surface area contributed by atoms with E-state index in [2.05, 4.69) is 10.0 Å². The van der Waals surface area contributed by atoms with Crippen LogP contribution in [0.25, 0.3) is 0 Å². The summed E-state index contributed by atoms with van der Waals surface area (Å²) in [5.41, 5.74) is 0.716. The first-order chi connectivity index (χ1) is 13.8. The molecule has 2 N–H and O–H groups in total. The van der Waals surface area contributed by atoms with E-state index in [1.54, 1.807) is 12.1 Å². The van der Waals surface area contributed by atoms with Gasteiger partial charge in [0.2, 0.25) is 15.8 Å². The van der Waals surface area contributed by atoms with Crippen molar-refractivity contribution in [2.45, 2.75) is 11.4 Å². The zero-order valence-electron chi connectivity index (χ0n) is 16.9. The van der Waals surface area contributed by atoms with Crippen LogP contribution in [0.3, 0.4) is 0 Å². The fraction of sp³-hybridized carbons (Fsp3) is 0.316. The predicted octanol–water partition coefficient (Wildman–Crippen LogP) is 1.56. The lowest BCUT2D eigenvalue weighted by Gasteiger charge is -2.15. The van der Waals surface area contributed by atoms with Gasteiger partial charge in [0.25, 0.3) is 5.91 Å². The van der Waals surface area contributed by atoms with Gasteiger partial charge < -0.3 is 24.3 Å². The third-order valence-electron chi connectivity index (χ3n) is 4.14. The fourth-order valence-electron chi connectivity index (χ4n) is 2.67. The van der Waals surface area contributed by atoms with Gasteiger partial charge in [-0.15, -0.1) is 0 Å². The summed E-state index contributed by atoms with van der Waals surface area (Å²) in [6, 6.07) is 7.35. The highest BCUT2D eigenvalue weighted by Gasteiger charge is 2.20. The Hall–Kier alpha value is -2.98. The molecule has 0 aromatic heterocycles. The quantitative estimate of drug-likeness (QED) is 0.628. The second-order valence-corrected chi connectivity index (χ2v) is 7.57. The number of nitrogens with one attached hydrogen (secondary N) is 2. The summed E-state index contributed by atoms with van der Waals surface area (Å²) < 4.78 is 48.9. The van der Waals surface area contributed by atoms with Crippen LogP contribution in [-0.4, -0.2) is 49.8 Å². The van der Waals surface area contributed by atoms with Gasteiger partial charge in [-0.25, -0.2) is 13.1 Å². The second kappa shape index (κ2) is 9.48. The minimum absolute atomic E-state index is 0.0274. The van der Waals surface area contributed by atoms with Crippen LogP contribution in [0, 0.1) is 0 Å². The summed E-state index contributed by atoms with van der Waals surface area (Å²) in [7, 11) is 3.38. The Labute approximate surface area is 170 Å². The summed E-state index contributed by atoms with van der Waals surface area (Å²) in [5.74, 6) is 1.04. The van der Waals surface area contributed by atoms with E-state index >= 15 is 0 Å². The summed E-state index contributed by atoms with van der Waals surface area (Å²) in [4.78, 5) is 11.9. The first kappa shape index (κ1) is 22.3. The first-order valence-electron chi connectivity index (χ1n) is 8.50. The number of rotatable bonds is 9. The summed E-state index contributed by atoms with van der Waals surface area (Å²) >= 11 is 0. The van der Waals surface area contributed by atoms with Crippen molar-refractivity contribution in [2.75, 3.05) is 35.5 Å². The minimum Gasteiger partial charge on any atom is -0.496 e. The largest absolute Gasteiger partial charge is 0.496 e. The molecule has 10 heteroatoms. The average molecular weight is 424 g/mol.